The molecule has 0 fully saturated rings. The van der Waals surface area contributed by atoms with Crippen molar-refractivity contribution in [3.8, 4) is 0 Å². The third-order valence-electron chi connectivity index (χ3n) is 2.77. The normalized spacial score (nSPS) is 14.6. The van der Waals surface area contributed by atoms with Gasteiger partial charge in [0.2, 0.25) is 0 Å². The van der Waals surface area contributed by atoms with E-state index in [1.807, 2.05) is 7.05 Å². The van der Waals surface area contributed by atoms with Crippen LogP contribution in [0.2, 0.25) is 0 Å². The Bertz CT molecular complexity index is 307. The molecule has 0 saturated heterocycles. The number of hydrogen-bond acceptors (Lipinski definition) is 2. The Morgan fingerprint density at radius 1 is 1.43 bits per heavy atom. The topological polar surface area (TPSA) is 24.1 Å². The number of fused-ring (bicyclic) bond motifs is 1. The van der Waals surface area contributed by atoms with E-state index in [2.05, 4.69) is 28.8 Å². The molecule has 0 saturated carbocycles. The molecule has 0 amide bonds. The molecule has 0 spiro atoms. The predicted octanol–water partition coefficient (Wildman–Crippen LogP) is 1.81. The summed E-state index contributed by atoms with van der Waals surface area (Å²) < 4.78 is 0. The van der Waals surface area contributed by atoms with Gasteiger partial charge in [0.15, 0.2) is 0 Å². The number of nitrogens with one attached hydrogen (secondary N) is 2. The van der Waals surface area contributed by atoms with Crippen molar-refractivity contribution >= 4 is 5.69 Å². The Labute approximate surface area is 85.7 Å². The van der Waals surface area contributed by atoms with Crippen molar-refractivity contribution < 1.29 is 0 Å². The molecule has 1 aliphatic rings. The van der Waals surface area contributed by atoms with Gasteiger partial charge >= 0.3 is 0 Å². The van der Waals surface area contributed by atoms with Gasteiger partial charge in [0, 0.05) is 12.2 Å². The number of aryl methyl sites for hydroxylation is 1. The van der Waals surface area contributed by atoms with Gasteiger partial charge in [-0.2, -0.15) is 0 Å². The molecule has 14 heavy (non-hydrogen) atoms. The third kappa shape index (κ3) is 2.07. The quantitative estimate of drug-likeness (QED) is 0.759. The number of anilines is 1. The van der Waals surface area contributed by atoms with Gasteiger partial charge in [-0.3, -0.25) is 0 Å². The summed E-state index contributed by atoms with van der Waals surface area (Å²) in [7, 11) is 2.00. The number of likely N-dealkylation sites (N-methyl/N-ethyl adjacent to an activating group) is 1. The van der Waals surface area contributed by atoms with Gasteiger partial charge in [-0.05, 0) is 50.0 Å². The zero-order valence-electron chi connectivity index (χ0n) is 8.77. The van der Waals surface area contributed by atoms with Crippen molar-refractivity contribution in [2.45, 2.75) is 19.3 Å². The zero-order chi connectivity index (χ0) is 9.80. The molecule has 76 valence electrons. The van der Waals surface area contributed by atoms with Crippen LogP contribution in [-0.4, -0.2) is 20.1 Å². The molecule has 2 rings (SSSR count). The summed E-state index contributed by atoms with van der Waals surface area (Å²) in [4.78, 5) is 0. The number of rotatable bonds is 3. The summed E-state index contributed by atoms with van der Waals surface area (Å²) >= 11 is 0. The van der Waals surface area contributed by atoms with Crippen molar-refractivity contribution in [3.63, 3.8) is 0 Å². The number of benzene rings is 1. The molecule has 0 radical (unpaired) electrons. The van der Waals surface area contributed by atoms with E-state index >= 15 is 0 Å². The Kier molecular flexibility index (Phi) is 3.04. The predicted molar refractivity (Wildman–Crippen MR) is 60.9 cm³/mol. The third-order valence-corrected chi connectivity index (χ3v) is 2.77. The first-order valence-electron chi connectivity index (χ1n) is 5.40. The fourth-order valence-corrected chi connectivity index (χ4v) is 1.95. The average molecular weight is 190 g/mol. The van der Waals surface area contributed by atoms with Crippen LogP contribution in [0.25, 0.3) is 0 Å². The highest BCUT2D eigenvalue weighted by atomic mass is 14.9. The molecule has 1 aromatic carbocycles. The minimum atomic E-state index is 1.06. The Hall–Kier alpha value is -1.02. The first-order valence-corrected chi connectivity index (χ1v) is 5.40. The molecule has 1 heterocycles. The fraction of sp³-hybridized carbons (Fsp3) is 0.500. The highest BCUT2D eigenvalue weighted by Gasteiger charge is 2.07. The van der Waals surface area contributed by atoms with E-state index in [1.165, 1.54) is 29.7 Å². The minimum absolute atomic E-state index is 1.06. The Balaban J connectivity index is 2.12. The molecule has 0 atom stereocenters. The zero-order valence-corrected chi connectivity index (χ0v) is 8.77. The Morgan fingerprint density at radius 3 is 3.21 bits per heavy atom. The van der Waals surface area contributed by atoms with Crippen LogP contribution >= 0.6 is 0 Å². The molecular weight excluding hydrogens is 172 g/mol. The molecule has 0 unspecified atom stereocenters. The summed E-state index contributed by atoms with van der Waals surface area (Å²) in [6, 6.07) is 6.80. The second kappa shape index (κ2) is 4.47. The lowest BCUT2D eigenvalue weighted by Crippen LogP contribution is -2.13. The van der Waals surface area contributed by atoms with Gasteiger partial charge in [-0.15, -0.1) is 0 Å². The lowest BCUT2D eigenvalue weighted by Gasteiger charge is -2.18. The Morgan fingerprint density at radius 2 is 2.36 bits per heavy atom. The lowest BCUT2D eigenvalue weighted by molar-refractivity contribution is 0.785. The van der Waals surface area contributed by atoms with E-state index in [1.54, 1.807) is 0 Å². The van der Waals surface area contributed by atoms with Crippen LogP contribution in [0.4, 0.5) is 5.69 Å². The van der Waals surface area contributed by atoms with E-state index in [0.717, 1.165) is 19.5 Å². The minimum Gasteiger partial charge on any atom is -0.385 e. The summed E-state index contributed by atoms with van der Waals surface area (Å²) in [5.74, 6) is 0. The molecule has 1 aromatic rings. The van der Waals surface area contributed by atoms with Gasteiger partial charge in [-0.25, -0.2) is 0 Å². The van der Waals surface area contributed by atoms with Gasteiger partial charge in [0.05, 0.1) is 0 Å². The van der Waals surface area contributed by atoms with Crippen LogP contribution in [0.15, 0.2) is 18.2 Å². The van der Waals surface area contributed by atoms with E-state index in [4.69, 9.17) is 0 Å². The van der Waals surface area contributed by atoms with Crippen molar-refractivity contribution in [2.75, 3.05) is 25.5 Å². The second-order valence-electron chi connectivity index (χ2n) is 3.88. The highest BCUT2D eigenvalue weighted by molar-refractivity contribution is 5.54. The van der Waals surface area contributed by atoms with Gasteiger partial charge in [0.25, 0.3) is 0 Å². The van der Waals surface area contributed by atoms with E-state index in [9.17, 15) is 0 Å². The SMILES string of the molecule is CNCCc1ccc2c(c1)CCCN2. The van der Waals surface area contributed by atoms with Gasteiger partial charge in [0.1, 0.15) is 0 Å². The first-order chi connectivity index (χ1) is 6.90. The van der Waals surface area contributed by atoms with Crippen molar-refractivity contribution in [1.29, 1.82) is 0 Å². The summed E-state index contributed by atoms with van der Waals surface area (Å²) in [5, 5.41) is 6.61. The van der Waals surface area contributed by atoms with Crippen LogP contribution in [0, 0.1) is 0 Å². The summed E-state index contributed by atoms with van der Waals surface area (Å²) in [6.45, 7) is 2.19. The average Bonchev–Trinajstić information content (AvgIpc) is 2.26. The maximum atomic E-state index is 3.43. The second-order valence-corrected chi connectivity index (χ2v) is 3.88. The summed E-state index contributed by atoms with van der Waals surface area (Å²) in [5.41, 5.74) is 4.27. The van der Waals surface area contributed by atoms with Crippen LogP contribution < -0.4 is 10.6 Å². The van der Waals surface area contributed by atoms with Crippen LogP contribution in [0.5, 0.6) is 0 Å². The molecule has 2 N–H and O–H groups in total. The number of hydrogen-bond donors (Lipinski definition) is 2. The van der Waals surface area contributed by atoms with Crippen LogP contribution in [0.3, 0.4) is 0 Å². The molecule has 0 aromatic heterocycles. The van der Waals surface area contributed by atoms with E-state index in [-0.39, 0.29) is 0 Å². The largest absolute Gasteiger partial charge is 0.385 e. The lowest BCUT2D eigenvalue weighted by atomic mass is 10.00. The smallest absolute Gasteiger partial charge is 0.0372 e. The van der Waals surface area contributed by atoms with E-state index < -0.39 is 0 Å². The molecular formula is C12H18N2. The molecule has 1 aliphatic heterocycles. The molecule has 0 aliphatic carbocycles. The summed E-state index contributed by atoms with van der Waals surface area (Å²) in [6.07, 6.45) is 3.63. The van der Waals surface area contributed by atoms with E-state index in [0.29, 0.717) is 0 Å². The van der Waals surface area contributed by atoms with Gasteiger partial charge < -0.3 is 10.6 Å². The van der Waals surface area contributed by atoms with Crippen molar-refractivity contribution in [2.24, 2.45) is 0 Å². The first kappa shape index (κ1) is 9.53. The molecule has 2 nitrogen and oxygen atoms in total. The highest BCUT2D eigenvalue weighted by Crippen LogP contribution is 2.22. The fourth-order valence-electron chi connectivity index (χ4n) is 1.95. The standard InChI is InChI=1S/C12H18N2/c1-13-8-6-10-4-5-12-11(9-10)3-2-7-14-12/h4-5,9,13-14H,2-3,6-8H2,1H3. The molecule has 0 bridgehead atoms. The molecule has 2 heteroatoms. The van der Waals surface area contributed by atoms with Crippen molar-refractivity contribution in [1.82, 2.24) is 5.32 Å². The van der Waals surface area contributed by atoms with Crippen LogP contribution in [-0.2, 0) is 12.8 Å². The maximum Gasteiger partial charge on any atom is 0.0372 e. The monoisotopic (exact) mass is 190 g/mol. The maximum absolute atomic E-state index is 3.43. The van der Waals surface area contributed by atoms with Crippen LogP contribution in [0.1, 0.15) is 17.5 Å². The van der Waals surface area contributed by atoms with Gasteiger partial charge in [-0.1, -0.05) is 12.1 Å². The van der Waals surface area contributed by atoms with Crippen molar-refractivity contribution in [3.05, 3.63) is 29.3 Å².